The minimum atomic E-state index is 0.189. The van der Waals surface area contributed by atoms with E-state index in [1.54, 1.807) is 7.11 Å². The Labute approximate surface area is 131 Å². The lowest BCUT2D eigenvalue weighted by molar-refractivity contribution is 0.00200. The van der Waals surface area contributed by atoms with Crippen LogP contribution in [0.25, 0.3) is 11.3 Å². The maximum absolute atomic E-state index is 5.88. The molecule has 0 bridgehead atoms. The standard InChI is InChI=1S/C17H23N3O2/c1-12(2)18-8-13-9-20-10-15(19-17(20)11-22-13)14-6-4-5-7-16(14)21-3/h4-7,10,12-13,18H,8-9,11H2,1-3H3/t13-/m0/s1. The molecule has 1 aliphatic rings. The lowest BCUT2D eigenvalue weighted by Gasteiger charge is -2.25. The van der Waals surface area contributed by atoms with Crippen molar-refractivity contribution in [3.05, 3.63) is 36.3 Å². The highest BCUT2D eigenvalue weighted by Crippen LogP contribution is 2.29. The van der Waals surface area contributed by atoms with Crippen molar-refractivity contribution >= 4 is 0 Å². The first kappa shape index (κ1) is 15.1. The van der Waals surface area contributed by atoms with Crippen molar-refractivity contribution < 1.29 is 9.47 Å². The number of aromatic nitrogens is 2. The molecule has 1 aliphatic heterocycles. The van der Waals surface area contributed by atoms with E-state index >= 15 is 0 Å². The van der Waals surface area contributed by atoms with Gasteiger partial charge < -0.3 is 19.4 Å². The number of imidazole rings is 1. The number of benzene rings is 1. The molecule has 1 atom stereocenters. The summed E-state index contributed by atoms with van der Waals surface area (Å²) in [7, 11) is 1.69. The Morgan fingerprint density at radius 1 is 1.41 bits per heavy atom. The van der Waals surface area contributed by atoms with Gasteiger partial charge in [0.1, 0.15) is 18.2 Å². The molecule has 5 nitrogen and oxygen atoms in total. The molecule has 118 valence electrons. The average Bonchev–Trinajstić information content (AvgIpc) is 2.95. The summed E-state index contributed by atoms with van der Waals surface area (Å²) >= 11 is 0. The number of ether oxygens (including phenoxy) is 2. The number of para-hydroxylation sites is 1. The molecule has 0 saturated carbocycles. The molecule has 1 N–H and O–H groups in total. The number of rotatable bonds is 5. The van der Waals surface area contributed by atoms with Crippen LogP contribution in [0.4, 0.5) is 0 Å². The van der Waals surface area contributed by atoms with Crippen LogP contribution in [-0.4, -0.2) is 35.4 Å². The van der Waals surface area contributed by atoms with Crippen LogP contribution in [-0.2, 0) is 17.9 Å². The molecule has 0 amide bonds. The van der Waals surface area contributed by atoms with Gasteiger partial charge in [0.25, 0.3) is 0 Å². The fraction of sp³-hybridized carbons (Fsp3) is 0.471. The number of fused-ring (bicyclic) bond motifs is 1. The molecule has 22 heavy (non-hydrogen) atoms. The highest BCUT2D eigenvalue weighted by Gasteiger charge is 2.22. The van der Waals surface area contributed by atoms with Gasteiger partial charge in [0.15, 0.2) is 0 Å². The van der Waals surface area contributed by atoms with Gasteiger partial charge in [-0.25, -0.2) is 4.98 Å². The predicted octanol–water partition coefficient (Wildman–Crippen LogP) is 2.46. The quantitative estimate of drug-likeness (QED) is 0.921. The molecule has 0 aliphatic carbocycles. The minimum absolute atomic E-state index is 0.189. The monoisotopic (exact) mass is 301 g/mol. The van der Waals surface area contributed by atoms with E-state index in [0.717, 1.165) is 35.9 Å². The van der Waals surface area contributed by atoms with E-state index in [9.17, 15) is 0 Å². The summed E-state index contributed by atoms with van der Waals surface area (Å²) in [6.07, 6.45) is 2.28. The van der Waals surface area contributed by atoms with Gasteiger partial charge in [-0.2, -0.15) is 0 Å². The van der Waals surface area contributed by atoms with Gasteiger partial charge in [0.2, 0.25) is 0 Å². The lowest BCUT2D eigenvalue weighted by Crippen LogP contribution is -2.38. The van der Waals surface area contributed by atoms with Gasteiger partial charge in [-0.05, 0) is 12.1 Å². The Morgan fingerprint density at radius 2 is 2.23 bits per heavy atom. The largest absolute Gasteiger partial charge is 0.496 e. The van der Waals surface area contributed by atoms with E-state index in [0.29, 0.717) is 12.6 Å². The third kappa shape index (κ3) is 3.15. The Balaban J connectivity index is 1.79. The summed E-state index contributed by atoms with van der Waals surface area (Å²) in [4.78, 5) is 4.70. The van der Waals surface area contributed by atoms with E-state index < -0.39 is 0 Å². The second-order valence-electron chi connectivity index (χ2n) is 5.89. The van der Waals surface area contributed by atoms with Crippen molar-refractivity contribution in [1.82, 2.24) is 14.9 Å². The van der Waals surface area contributed by atoms with Crippen LogP contribution in [0.3, 0.4) is 0 Å². The van der Waals surface area contributed by atoms with Crippen LogP contribution in [0.5, 0.6) is 5.75 Å². The highest BCUT2D eigenvalue weighted by molar-refractivity contribution is 5.66. The molecule has 0 fully saturated rings. The van der Waals surface area contributed by atoms with Crippen molar-refractivity contribution in [3.8, 4) is 17.0 Å². The third-order valence-electron chi connectivity index (χ3n) is 3.84. The Kier molecular flexibility index (Phi) is 4.45. The zero-order chi connectivity index (χ0) is 15.5. The first-order valence-corrected chi connectivity index (χ1v) is 7.72. The van der Waals surface area contributed by atoms with E-state index in [1.807, 2.05) is 24.3 Å². The van der Waals surface area contributed by atoms with Crippen LogP contribution in [0.1, 0.15) is 19.7 Å². The topological polar surface area (TPSA) is 48.3 Å². The first-order valence-electron chi connectivity index (χ1n) is 7.72. The molecule has 0 unspecified atom stereocenters. The zero-order valence-electron chi connectivity index (χ0n) is 13.4. The van der Waals surface area contributed by atoms with E-state index in [2.05, 4.69) is 29.9 Å². The van der Waals surface area contributed by atoms with Gasteiger partial charge in [0.05, 0.1) is 25.5 Å². The van der Waals surface area contributed by atoms with E-state index in [1.165, 1.54) is 0 Å². The Hall–Kier alpha value is -1.85. The SMILES string of the molecule is COc1ccccc1-c1cn2c(n1)CO[C@@H](CNC(C)C)C2. The summed E-state index contributed by atoms with van der Waals surface area (Å²) in [6, 6.07) is 8.43. The molecular weight excluding hydrogens is 278 g/mol. The molecule has 2 aromatic rings. The Bertz CT molecular complexity index is 637. The summed E-state index contributed by atoms with van der Waals surface area (Å²) in [6.45, 7) is 6.53. The third-order valence-corrected chi connectivity index (χ3v) is 3.84. The van der Waals surface area contributed by atoms with E-state index in [4.69, 9.17) is 14.5 Å². The molecular formula is C17H23N3O2. The first-order chi connectivity index (χ1) is 10.7. The van der Waals surface area contributed by atoms with Crippen LogP contribution >= 0.6 is 0 Å². The molecule has 5 heteroatoms. The fourth-order valence-corrected chi connectivity index (χ4v) is 2.67. The Morgan fingerprint density at radius 3 is 3.00 bits per heavy atom. The van der Waals surface area contributed by atoms with Gasteiger partial charge >= 0.3 is 0 Å². The average molecular weight is 301 g/mol. The molecule has 0 saturated heterocycles. The second kappa shape index (κ2) is 6.50. The van der Waals surface area contributed by atoms with Crippen molar-refractivity contribution in [3.63, 3.8) is 0 Å². The smallest absolute Gasteiger partial charge is 0.135 e. The van der Waals surface area contributed by atoms with Crippen LogP contribution in [0, 0.1) is 0 Å². The minimum Gasteiger partial charge on any atom is -0.496 e. The summed E-state index contributed by atoms with van der Waals surface area (Å²) < 4.78 is 13.5. The van der Waals surface area contributed by atoms with Crippen LogP contribution in [0.2, 0.25) is 0 Å². The molecule has 0 spiro atoms. The van der Waals surface area contributed by atoms with E-state index in [-0.39, 0.29) is 6.10 Å². The molecule has 3 rings (SSSR count). The zero-order valence-corrected chi connectivity index (χ0v) is 13.4. The number of nitrogens with one attached hydrogen (secondary N) is 1. The fourth-order valence-electron chi connectivity index (χ4n) is 2.67. The van der Waals surface area contributed by atoms with Crippen molar-refractivity contribution in [2.45, 2.75) is 39.1 Å². The van der Waals surface area contributed by atoms with Gasteiger partial charge in [-0.1, -0.05) is 26.0 Å². The second-order valence-corrected chi connectivity index (χ2v) is 5.89. The summed E-state index contributed by atoms with van der Waals surface area (Å²) in [5.41, 5.74) is 1.96. The van der Waals surface area contributed by atoms with Crippen molar-refractivity contribution in [1.29, 1.82) is 0 Å². The number of hydrogen-bond acceptors (Lipinski definition) is 4. The normalized spacial score (nSPS) is 17.5. The van der Waals surface area contributed by atoms with Crippen LogP contribution < -0.4 is 10.1 Å². The molecule has 1 aromatic carbocycles. The summed E-state index contributed by atoms with van der Waals surface area (Å²) in [5, 5.41) is 3.42. The van der Waals surface area contributed by atoms with Gasteiger partial charge in [-0.3, -0.25) is 0 Å². The van der Waals surface area contributed by atoms with Crippen molar-refractivity contribution in [2.24, 2.45) is 0 Å². The number of nitrogens with zero attached hydrogens (tertiary/aromatic N) is 2. The van der Waals surface area contributed by atoms with Gasteiger partial charge in [-0.15, -0.1) is 0 Å². The van der Waals surface area contributed by atoms with Gasteiger partial charge in [0, 0.05) is 24.3 Å². The highest BCUT2D eigenvalue weighted by atomic mass is 16.5. The maximum Gasteiger partial charge on any atom is 0.135 e. The predicted molar refractivity (Wildman–Crippen MR) is 85.9 cm³/mol. The molecule has 0 radical (unpaired) electrons. The molecule has 1 aromatic heterocycles. The molecule has 2 heterocycles. The van der Waals surface area contributed by atoms with Crippen molar-refractivity contribution in [2.75, 3.05) is 13.7 Å². The van der Waals surface area contributed by atoms with Crippen LogP contribution in [0.15, 0.2) is 30.5 Å². The number of hydrogen-bond donors (Lipinski definition) is 1. The maximum atomic E-state index is 5.88. The number of methoxy groups -OCH3 is 1. The summed E-state index contributed by atoms with van der Waals surface area (Å²) in [5.74, 6) is 1.82. The lowest BCUT2D eigenvalue weighted by atomic mass is 10.1.